The summed E-state index contributed by atoms with van der Waals surface area (Å²) in [6.07, 6.45) is 7.20. The van der Waals surface area contributed by atoms with Gasteiger partial charge in [0.1, 0.15) is 55.8 Å². The van der Waals surface area contributed by atoms with Crippen molar-refractivity contribution in [1.29, 1.82) is 21.0 Å². The van der Waals surface area contributed by atoms with E-state index in [1.165, 1.54) is 36.4 Å². The van der Waals surface area contributed by atoms with Gasteiger partial charge in [0.05, 0.1) is 45.4 Å². The third-order valence-corrected chi connectivity index (χ3v) is 14.4. The molecular formula is C72H70Br2N12O10S4. The Kier molecular flexibility index (Phi) is 39.8. The summed E-state index contributed by atoms with van der Waals surface area (Å²) in [7, 11) is 0. The number of nitrogens with zero attached hydrogens (tertiary/aromatic N) is 8. The topological polar surface area (TPSA) is 364 Å². The van der Waals surface area contributed by atoms with Gasteiger partial charge in [-0.3, -0.25) is 39.4 Å². The fraction of sp³-hybridized carbons (Fsp3) is 0.139. The number of hydrogen-bond acceptors (Lipinski definition) is 16. The van der Waals surface area contributed by atoms with Gasteiger partial charge in [-0.05, 0) is 159 Å². The number of nitro groups is 2. The lowest BCUT2D eigenvalue weighted by Crippen LogP contribution is -2.29. The van der Waals surface area contributed by atoms with Crippen LogP contribution in [-0.2, 0) is 19.2 Å². The molecule has 0 saturated carbocycles. The van der Waals surface area contributed by atoms with Gasteiger partial charge in [0.25, 0.3) is 23.6 Å². The molecule has 0 bridgehead atoms. The van der Waals surface area contributed by atoms with Crippen LogP contribution in [0.4, 0.5) is 11.4 Å². The average Bonchev–Trinajstić information content (AvgIpc) is 0.868. The highest BCUT2D eigenvalue weighted by molar-refractivity contribution is 9.10. The quantitative estimate of drug-likeness (QED) is 0.0136. The number of hydrogen-bond donors (Lipinski definition) is 6. The van der Waals surface area contributed by atoms with Crippen molar-refractivity contribution in [3.63, 3.8) is 0 Å². The second kappa shape index (κ2) is 45.6. The third kappa shape index (κ3) is 28.7. The zero-order valence-electron chi connectivity index (χ0n) is 54.0. The van der Waals surface area contributed by atoms with Crippen LogP contribution in [0.3, 0.4) is 0 Å². The van der Waals surface area contributed by atoms with Crippen LogP contribution in [0.2, 0.25) is 0 Å². The van der Waals surface area contributed by atoms with Crippen molar-refractivity contribution in [3.8, 4) is 35.8 Å². The Morgan fingerprint density at radius 2 is 0.780 bits per heavy atom. The first kappa shape index (κ1) is 87.2. The molecule has 0 aliphatic rings. The number of pyridine rings is 2. The predicted octanol–water partition coefficient (Wildman–Crippen LogP) is 14.7. The molecule has 0 radical (unpaired) electrons. The van der Waals surface area contributed by atoms with Crippen molar-refractivity contribution < 1.29 is 39.2 Å². The van der Waals surface area contributed by atoms with Gasteiger partial charge in [0, 0.05) is 12.1 Å². The van der Waals surface area contributed by atoms with E-state index in [0.717, 1.165) is 59.4 Å². The normalized spacial score (nSPS) is 11.7. The molecule has 2 heterocycles. The summed E-state index contributed by atoms with van der Waals surface area (Å²) >= 11 is 6.54. The van der Waals surface area contributed by atoms with E-state index >= 15 is 0 Å². The molecule has 4 amide bonds. The number of carbonyl (C=O) groups is 4. The number of nitrogens with one attached hydrogen (secondary N) is 4. The van der Waals surface area contributed by atoms with Crippen LogP contribution in [0.15, 0.2) is 226 Å². The van der Waals surface area contributed by atoms with Gasteiger partial charge in [0.15, 0.2) is 11.5 Å². The van der Waals surface area contributed by atoms with Gasteiger partial charge in [-0.25, -0.2) is 9.97 Å². The molecule has 2 aromatic heterocycles. The number of aromatic nitrogens is 2. The lowest BCUT2D eigenvalue weighted by molar-refractivity contribution is -0.386. The second-order valence-electron chi connectivity index (χ2n) is 20.5. The van der Waals surface area contributed by atoms with Crippen molar-refractivity contribution in [2.75, 3.05) is 0 Å². The summed E-state index contributed by atoms with van der Waals surface area (Å²) in [6, 6.07) is 62.3. The van der Waals surface area contributed by atoms with Crippen LogP contribution in [0.5, 0.6) is 11.5 Å². The largest absolute Gasteiger partial charge is 0.502 e. The maximum Gasteiger partial charge on any atom is 0.311 e. The third-order valence-electron chi connectivity index (χ3n) is 13.6. The molecule has 0 unspecified atom stereocenters. The van der Waals surface area contributed by atoms with Crippen molar-refractivity contribution >= 4 is 145 Å². The summed E-state index contributed by atoms with van der Waals surface area (Å²) in [5.74, 6) is -2.98. The Morgan fingerprint density at radius 1 is 0.450 bits per heavy atom. The predicted molar refractivity (Wildman–Crippen MR) is 411 cm³/mol. The van der Waals surface area contributed by atoms with Crippen LogP contribution in [0.1, 0.15) is 109 Å². The maximum absolute atomic E-state index is 12.5. The Balaban J connectivity index is 0.000000659. The number of amides is 4. The van der Waals surface area contributed by atoms with Gasteiger partial charge >= 0.3 is 11.4 Å². The highest BCUT2D eigenvalue weighted by Gasteiger charge is 2.21. The first-order chi connectivity index (χ1) is 46.1. The molecule has 0 fully saturated rings. The smallest absolute Gasteiger partial charge is 0.311 e. The Morgan fingerprint density at radius 3 is 1.11 bits per heavy atom. The first-order valence-electron chi connectivity index (χ1n) is 29.2. The second-order valence-corrected chi connectivity index (χ2v) is 22.1. The lowest BCUT2D eigenvalue weighted by Gasteiger charge is -2.18. The molecule has 0 aliphatic heterocycles. The summed E-state index contributed by atoms with van der Waals surface area (Å²) in [6.45, 7) is 7.52. The minimum Gasteiger partial charge on any atom is -0.502 e. The number of halogens is 2. The van der Waals surface area contributed by atoms with Crippen LogP contribution >= 0.6 is 85.8 Å². The fourth-order valence-corrected chi connectivity index (χ4v) is 9.34. The monoisotopic (exact) mass is 1550 g/mol. The highest BCUT2D eigenvalue weighted by atomic mass is 79.9. The molecule has 22 nitrogen and oxygen atoms in total. The first-order valence-corrected chi connectivity index (χ1v) is 30.8. The molecule has 28 heteroatoms. The number of aromatic hydroxyl groups is 2. The van der Waals surface area contributed by atoms with Crippen LogP contribution in [-0.4, -0.2) is 53.7 Å². The zero-order valence-corrected chi connectivity index (χ0v) is 61.2. The van der Waals surface area contributed by atoms with Gasteiger partial charge in [-0.2, -0.15) is 75.0 Å². The van der Waals surface area contributed by atoms with Crippen molar-refractivity contribution in [1.82, 2.24) is 31.2 Å². The summed E-state index contributed by atoms with van der Waals surface area (Å²) < 4.78 is 1.30. The zero-order chi connectivity index (χ0) is 70.1. The molecule has 0 spiro atoms. The molecule has 0 saturated heterocycles. The number of carbonyl (C=O) groups excluding carboxylic acids is 4. The average molecular weight is 1550 g/mol. The molecule has 0 aliphatic carbocycles. The van der Waals surface area contributed by atoms with E-state index in [4.69, 9.17) is 0 Å². The maximum atomic E-state index is 12.5. The molecule has 6 aromatic carbocycles. The molecule has 100 heavy (non-hydrogen) atoms. The van der Waals surface area contributed by atoms with E-state index in [9.17, 15) is 70.7 Å². The summed E-state index contributed by atoms with van der Waals surface area (Å²) in [5, 5.41) is 88.7. The van der Waals surface area contributed by atoms with Gasteiger partial charge in [-0.1, -0.05) is 153 Å². The van der Waals surface area contributed by atoms with Gasteiger partial charge in [-0.15, -0.1) is 0 Å². The molecular weight excluding hydrogens is 1480 g/mol. The van der Waals surface area contributed by atoms with Crippen molar-refractivity contribution in [3.05, 3.63) is 291 Å². The number of rotatable bonds is 20. The number of nitriles is 4. The molecule has 4 atom stereocenters. The standard InChI is InChI=1S/C19H18BrN3O.2C18H15N3O4.C17H14BrN3O.4H2S/c1-2-7-17(14-8-4-3-5-9-14)23-19(24)15(13-21)12-16-10-6-11-18(20)22-16;1-12(14-5-3-2-4-6-14)20-18(23)15(11-19)9-13-7-8-17(22)16(10-13)21(24)25;1-12(14-5-3-2-4-6-14)20-18(23)15(11-19)9-13-7-8-16(21(24)25)17(22)10-13;1-12(13-6-3-2-4-7-13)20-17(22)14(11-19)10-15-8-5-9-16(18)21-15;;;;/h3-6,8-12,17H,2,7H2,1H3,(H,23,24);2*2-10,12,22H,1H3,(H,20,23);2-10,12H,1H3,(H,20,22);4*1H2/b15-12+;2*15-9+;14-10+;;;;/t17-;3*12-;;;;/m0000..../s1. The summed E-state index contributed by atoms with van der Waals surface area (Å²) in [4.78, 5) is 77.7. The van der Waals surface area contributed by atoms with Crippen LogP contribution < -0.4 is 21.3 Å². The molecule has 6 N–H and O–H groups in total. The minimum absolute atomic E-state index is 0. The van der Waals surface area contributed by atoms with E-state index in [1.54, 1.807) is 62.4 Å². The van der Waals surface area contributed by atoms with Crippen molar-refractivity contribution in [2.45, 2.75) is 64.7 Å². The number of nitro benzene ring substituents is 2. The van der Waals surface area contributed by atoms with Crippen LogP contribution in [0, 0.1) is 65.6 Å². The number of phenolic OH excluding ortho intramolecular Hbond substituents is 2. The number of benzene rings is 6. The van der Waals surface area contributed by atoms with Gasteiger partial charge in [0.2, 0.25) is 0 Å². The van der Waals surface area contributed by atoms with Crippen molar-refractivity contribution in [2.24, 2.45) is 0 Å². The minimum atomic E-state index is -0.740. The Bertz CT molecular complexity index is 4380. The Hall–Kier alpha value is -10.8. The van der Waals surface area contributed by atoms with Crippen LogP contribution in [0.25, 0.3) is 24.3 Å². The molecule has 8 rings (SSSR count). The van der Waals surface area contributed by atoms with E-state index in [-0.39, 0.29) is 112 Å². The summed E-state index contributed by atoms with van der Waals surface area (Å²) in [5.41, 5.74) is 4.22. The number of phenols is 2. The fourth-order valence-electron chi connectivity index (χ4n) is 8.62. The molecule has 516 valence electrons. The van der Waals surface area contributed by atoms with E-state index in [2.05, 4.69) is 70.0 Å². The highest BCUT2D eigenvalue weighted by Crippen LogP contribution is 2.29. The Labute approximate surface area is 623 Å². The van der Waals surface area contributed by atoms with Gasteiger partial charge < -0.3 is 31.5 Å². The SMILES string of the molecule is CCC[C@H](NC(=O)/C(C#N)=C/c1cccc(Br)n1)c1ccccc1.C[C@H](NC(=O)/C(C#N)=C/c1ccc(O)c([N+](=O)[O-])c1)c1ccccc1.C[C@H](NC(=O)/C(C#N)=C/c1ccc([N+](=O)[O-])c(O)c1)c1ccccc1.C[C@H](NC(=O)/C(C#N)=C/c1cccc(Br)n1)c1ccccc1.S.S.S.S. The van der Waals surface area contributed by atoms with E-state index in [1.807, 2.05) is 140 Å². The van der Waals surface area contributed by atoms with E-state index < -0.39 is 50.4 Å². The van der Waals surface area contributed by atoms with E-state index in [0.29, 0.717) is 26.2 Å². The molecule has 8 aromatic rings. The lowest BCUT2D eigenvalue weighted by atomic mass is 10.0.